The van der Waals surface area contributed by atoms with Crippen LogP contribution in [0.25, 0.3) is 11.2 Å². The van der Waals surface area contributed by atoms with Gasteiger partial charge in [-0.05, 0) is 12.1 Å². The van der Waals surface area contributed by atoms with Crippen molar-refractivity contribution in [3.05, 3.63) is 43.0 Å². The number of aliphatic hydroxyl groups excluding tert-OH is 2. The number of anilines is 1. The number of imidazole rings is 1. The Kier molecular flexibility index (Phi) is 4.44. The quantitative estimate of drug-likeness (QED) is 0.422. The molecule has 1 aromatic carbocycles. The molecule has 27 heavy (non-hydrogen) atoms. The van der Waals surface area contributed by atoms with Gasteiger partial charge in [-0.2, -0.15) is 0 Å². The SMILES string of the molecule is Nc1ncnc2c1ncn2C1O[C@H](CO)[C@@H](C(=O)Oc2ccccc2)[C@H]1O. The van der Waals surface area contributed by atoms with Crippen molar-refractivity contribution in [2.75, 3.05) is 12.3 Å². The third-order valence-corrected chi connectivity index (χ3v) is 4.45. The van der Waals surface area contributed by atoms with Crippen molar-refractivity contribution in [3.8, 4) is 5.75 Å². The van der Waals surface area contributed by atoms with Gasteiger partial charge >= 0.3 is 5.97 Å². The summed E-state index contributed by atoms with van der Waals surface area (Å²) in [6.07, 6.45) is -0.565. The maximum Gasteiger partial charge on any atom is 0.319 e. The number of hydrogen-bond acceptors (Lipinski definition) is 9. The van der Waals surface area contributed by atoms with E-state index in [1.165, 1.54) is 17.2 Å². The summed E-state index contributed by atoms with van der Waals surface area (Å²) in [7, 11) is 0. The van der Waals surface area contributed by atoms with Crippen LogP contribution in [0, 0.1) is 5.92 Å². The lowest BCUT2D eigenvalue weighted by Crippen LogP contribution is -2.37. The molecule has 1 fully saturated rings. The van der Waals surface area contributed by atoms with Gasteiger partial charge in [-0.15, -0.1) is 0 Å². The van der Waals surface area contributed by atoms with E-state index in [4.69, 9.17) is 15.2 Å². The molecule has 140 valence electrons. The zero-order valence-corrected chi connectivity index (χ0v) is 14.0. The van der Waals surface area contributed by atoms with Gasteiger partial charge in [0, 0.05) is 0 Å². The molecule has 3 aromatic rings. The number of esters is 1. The fraction of sp³-hybridized carbons (Fsp3) is 0.294. The lowest BCUT2D eigenvalue weighted by Gasteiger charge is -2.18. The number of benzene rings is 1. The number of carbonyl (C=O) groups is 1. The molecule has 1 unspecified atom stereocenters. The van der Waals surface area contributed by atoms with Gasteiger partial charge in [-0.1, -0.05) is 18.2 Å². The first-order chi connectivity index (χ1) is 13.1. The largest absolute Gasteiger partial charge is 0.426 e. The number of para-hydroxylation sites is 1. The van der Waals surface area contributed by atoms with E-state index >= 15 is 0 Å². The molecular formula is C17H17N5O5. The summed E-state index contributed by atoms with van der Waals surface area (Å²) in [5.74, 6) is -1.26. The number of carbonyl (C=O) groups excluding carboxylic acids is 1. The van der Waals surface area contributed by atoms with Gasteiger partial charge in [0.25, 0.3) is 0 Å². The third kappa shape index (κ3) is 2.99. The molecule has 1 aliphatic heterocycles. The Morgan fingerprint density at radius 2 is 2.04 bits per heavy atom. The number of hydrogen-bond donors (Lipinski definition) is 3. The third-order valence-electron chi connectivity index (χ3n) is 4.45. The zero-order chi connectivity index (χ0) is 19.0. The first-order valence-corrected chi connectivity index (χ1v) is 8.24. The number of ether oxygens (including phenoxy) is 2. The van der Waals surface area contributed by atoms with Crippen LogP contribution in [-0.4, -0.2) is 54.5 Å². The highest BCUT2D eigenvalue weighted by molar-refractivity contribution is 5.81. The first-order valence-electron chi connectivity index (χ1n) is 8.24. The highest BCUT2D eigenvalue weighted by Gasteiger charge is 2.49. The van der Waals surface area contributed by atoms with E-state index in [0.29, 0.717) is 16.9 Å². The molecule has 2 aromatic heterocycles. The maximum atomic E-state index is 12.6. The van der Waals surface area contributed by atoms with Gasteiger partial charge in [0.15, 0.2) is 17.7 Å². The van der Waals surface area contributed by atoms with Crippen molar-refractivity contribution in [1.29, 1.82) is 0 Å². The molecule has 1 aliphatic rings. The van der Waals surface area contributed by atoms with Gasteiger partial charge in [-0.3, -0.25) is 9.36 Å². The number of fused-ring (bicyclic) bond motifs is 1. The lowest BCUT2D eigenvalue weighted by atomic mass is 9.98. The number of nitrogens with zero attached hydrogens (tertiary/aromatic N) is 4. The van der Waals surface area contributed by atoms with Crippen molar-refractivity contribution >= 4 is 23.0 Å². The van der Waals surface area contributed by atoms with Crippen LogP contribution in [0.4, 0.5) is 5.82 Å². The number of aliphatic hydroxyl groups is 2. The summed E-state index contributed by atoms with van der Waals surface area (Å²) in [5.41, 5.74) is 6.47. The monoisotopic (exact) mass is 371 g/mol. The van der Waals surface area contributed by atoms with E-state index in [0.717, 1.165) is 0 Å². The Morgan fingerprint density at radius 3 is 2.78 bits per heavy atom. The Balaban J connectivity index is 1.63. The van der Waals surface area contributed by atoms with Gasteiger partial charge < -0.3 is 25.4 Å². The Labute approximate surface area is 153 Å². The molecule has 0 spiro atoms. The van der Waals surface area contributed by atoms with Crippen molar-refractivity contribution in [2.45, 2.75) is 18.4 Å². The standard InChI is InChI=1S/C17H17N5O5/c18-14-12-15(20-7-19-14)22(8-21-12)16-13(24)11(10(6-23)27-16)17(25)26-9-4-2-1-3-5-9/h1-5,7-8,10-11,13,16,23-24H,6H2,(H2,18,19,20)/t10-,11-,13-,16?/m1/s1. The van der Waals surface area contributed by atoms with Crippen LogP contribution in [0.15, 0.2) is 43.0 Å². The molecule has 1 saturated heterocycles. The van der Waals surface area contributed by atoms with E-state index in [1.807, 2.05) is 0 Å². The Morgan fingerprint density at radius 1 is 1.26 bits per heavy atom. The molecule has 4 N–H and O–H groups in total. The van der Waals surface area contributed by atoms with Crippen molar-refractivity contribution in [2.24, 2.45) is 5.92 Å². The first kappa shape index (κ1) is 17.3. The number of nitrogen functional groups attached to an aromatic ring is 1. The van der Waals surface area contributed by atoms with Gasteiger partial charge in [-0.25, -0.2) is 15.0 Å². The van der Waals surface area contributed by atoms with Crippen LogP contribution in [0.3, 0.4) is 0 Å². The molecule has 0 saturated carbocycles. The number of aromatic nitrogens is 4. The molecule has 4 rings (SSSR count). The molecule has 0 amide bonds. The van der Waals surface area contributed by atoms with Gasteiger partial charge in [0.05, 0.1) is 19.0 Å². The van der Waals surface area contributed by atoms with E-state index in [2.05, 4.69) is 15.0 Å². The Hall–Kier alpha value is -3.08. The molecule has 0 aliphatic carbocycles. The smallest absolute Gasteiger partial charge is 0.319 e. The molecule has 0 bridgehead atoms. The average molecular weight is 371 g/mol. The number of rotatable bonds is 4. The molecule has 10 nitrogen and oxygen atoms in total. The van der Waals surface area contributed by atoms with Crippen molar-refractivity contribution < 1.29 is 24.5 Å². The summed E-state index contributed by atoms with van der Waals surface area (Å²) < 4.78 is 12.5. The predicted molar refractivity (Wildman–Crippen MR) is 92.3 cm³/mol. The second kappa shape index (κ2) is 6.91. The maximum absolute atomic E-state index is 12.6. The second-order valence-electron chi connectivity index (χ2n) is 6.08. The zero-order valence-electron chi connectivity index (χ0n) is 14.0. The molecular weight excluding hydrogens is 354 g/mol. The minimum atomic E-state index is -1.29. The van der Waals surface area contributed by atoms with Crippen molar-refractivity contribution in [3.63, 3.8) is 0 Å². The lowest BCUT2D eigenvalue weighted by molar-refractivity contribution is -0.143. The van der Waals surface area contributed by atoms with E-state index in [-0.39, 0.29) is 5.82 Å². The molecule has 4 atom stereocenters. The van der Waals surface area contributed by atoms with Gasteiger partial charge in [0.1, 0.15) is 29.6 Å². The Bertz CT molecular complexity index is 963. The second-order valence-corrected chi connectivity index (χ2v) is 6.08. The van der Waals surface area contributed by atoms with Crippen LogP contribution >= 0.6 is 0 Å². The summed E-state index contributed by atoms with van der Waals surface area (Å²) >= 11 is 0. The minimum absolute atomic E-state index is 0.185. The molecule has 10 heteroatoms. The van der Waals surface area contributed by atoms with Crippen LogP contribution in [-0.2, 0) is 9.53 Å². The molecule has 0 radical (unpaired) electrons. The normalized spacial score (nSPS) is 25.0. The predicted octanol–water partition coefficient (Wildman–Crippen LogP) is -0.119. The highest BCUT2D eigenvalue weighted by Crippen LogP contribution is 2.36. The van der Waals surface area contributed by atoms with Crippen LogP contribution in [0.2, 0.25) is 0 Å². The fourth-order valence-electron chi connectivity index (χ4n) is 3.15. The molecule has 3 heterocycles. The average Bonchev–Trinajstić information content (AvgIpc) is 3.24. The van der Waals surface area contributed by atoms with E-state index < -0.39 is 36.9 Å². The van der Waals surface area contributed by atoms with E-state index in [1.54, 1.807) is 30.3 Å². The summed E-state index contributed by atoms with van der Waals surface area (Å²) in [6.45, 7) is -0.466. The van der Waals surface area contributed by atoms with Crippen LogP contribution in [0.5, 0.6) is 5.75 Å². The van der Waals surface area contributed by atoms with E-state index in [9.17, 15) is 15.0 Å². The van der Waals surface area contributed by atoms with Gasteiger partial charge in [0.2, 0.25) is 0 Å². The fourth-order valence-corrected chi connectivity index (χ4v) is 3.15. The van der Waals surface area contributed by atoms with Crippen LogP contribution < -0.4 is 10.5 Å². The summed E-state index contributed by atoms with van der Waals surface area (Å²) in [6, 6.07) is 8.47. The van der Waals surface area contributed by atoms with Crippen molar-refractivity contribution in [1.82, 2.24) is 19.5 Å². The highest BCUT2D eigenvalue weighted by atomic mass is 16.6. The minimum Gasteiger partial charge on any atom is -0.426 e. The summed E-state index contributed by atoms with van der Waals surface area (Å²) in [5, 5.41) is 20.4. The topological polar surface area (TPSA) is 146 Å². The number of nitrogens with two attached hydrogens (primary N) is 1. The summed E-state index contributed by atoms with van der Waals surface area (Å²) in [4.78, 5) is 24.7. The van der Waals surface area contributed by atoms with Crippen LogP contribution in [0.1, 0.15) is 6.23 Å².